The van der Waals surface area contributed by atoms with E-state index in [-0.39, 0.29) is 5.91 Å². The Labute approximate surface area is 147 Å². The standard InChI is InChI=1S/C17H25N5O3/c1-3-17-19-15(20-25-17)11-21(2)13-6-7-22(10-13)12-16(23)18-9-14-5-4-8-24-14/h4-5,8,13H,3,6-7,9-12H2,1-2H3,(H,18,23)/t13-/m0/s1. The van der Waals surface area contributed by atoms with Crippen molar-refractivity contribution in [3.05, 3.63) is 35.9 Å². The highest BCUT2D eigenvalue weighted by molar-refractivity contribution is 5.77. The van der Waals surface area contributed by atoms with Crippen LogP contribution in [0.2, 0.25) is 0 Å². The van der Waals surface area contributed by atoms with Crippen LogP contribution in [0, 0.1) is 0 Å². The number of carbonyl (C=O) groups excluding carboxylic acids is 1. The summed E-state index contributed by atoms with van der Waals surface area (Å²) in [6, 6.07) is 4.06. The SMILES string of the molecule is CCc1nc(CN(C)[C@H]2CCN(CC(=O)NCc3ccco3)C2)no1. The molecule has 0 bridgehead atoms. The number of rotatable bonds is 8. The highest BCUT2D eigenvalue weighted by Gasteiger charge is 2.27. The van der Waals surface area contributed by atoms with Crippen LogP contribution in [0.3, 0.4) is 0 Å². The predicted octanol–water partition coefficient (Wildman–Crippen LogP) is 1.05. The summed E-state index contributed by atoms with van der Waals surface area (Å²) in [6.07, 6.45) is 3.39. The van der Waals surface area contributed by atoms with Gasteiger partial charge in [-0.1, -0.05) is 12.1 Å². The molecule has 0 spiro atoms. The minimum absolute atomic E-state index is 0.0189. The molecule has 0 aromatic carbocycles. The fraction of sp³-hybridized carbons (Fsp3) is 0.588. The van der Waals surface area contributed by atoms with Gasteiger partial charge in [-0.25, -0.2) is 0 Å². The molecule has 1 aliphatic heterocycles. The molecule has 2 aromatic heterocycles. The molecule has 0 radical (unpaired) electrons. The van der Waals surface area contributed by atoms with Crippen LogP contribution in [0.15, 0.2) is 27.3 Å². The summed E-state index contributed by atoms with van der Waals surface area (Å²) in [6.45, 7) is 5.27. The maximum atomic E-state index is 12.1. The maximum absolute atomic E-state index is 12.1. The predicted molar refractivity (Wildman–Crippen MR) is 90.5 cm³/mol. The van der Waals surface area contributed by atoms with Crippen molar-refractivity contribution >= 4 is 5.91 Å². The van der Waals surface area contributed by atoms with E-state index in [0.717, 1.165) is 31.7 Å². The van der Waals surface area contributed by atoms with Gasteiger partial charge in [0, 0.05) is 25.6 Å². The van der Waals surface area contributed by atoms with E-state index < -0.39 is 0 Å². The number of likely N-dealkylation sites (N-methyl/N-ethyl adjacent to an activating group) is 1. The van der Waals surface area contributed by atoms with Crippen molar-refractivity contribution in [3.63, 3.8) is 0 Å². The number of furan rings is 1. The molecule has 1 N–H and O–H groups in total. The minimum atomic E-state index is 0.0189. The molecule has 8 heteroatoms. The second-order valence-electron chi connectivity index (χ2n) is 6.41. The second-order valence-corrected chi connectivity index (χ2v) is 6.41. The molecule has 3 heterocycles. The van der Waals surface area contributed by atoms with E-state index in [1.807, 2.05) is 19.1 Å². The second kappa shape index (κ2) is 8.26. The molecule has 0 unspecified atom stereocenters. The summed E-state index contributed by atoms with van der Waals surface area (Å²) in [4.78, 5) is 20.8. The number of hydrogen-bond donors (Lipinski definition) is 1. The van der Waals surface area contributed by atoms with E-state index in [4.69, 9.17) is 8.94 Å². The zero-order chi connectivity index (χ0) is 17.6. The summed E-state index contributed by atoms with van der Waals surface area (Å²) in [5, 5.41) is 6.88. The minimum Gasteiger partial charge on any atom is -0.467 e. The largest absolute Gasteiger partial charge is 0.467 e. The van der Waals surface area contributed by atoms with E-state index >= 15 is 0 Å². The number of aromatic nitrogens is 2. The summed E-state index contributed by atoms with van der Waals surface area (Å²) in [7, 11) is 2.06. The highest BCUT2D eigenvalue weighted by atomic mass is 16.5. The number of carbonyl (C=O) groups is 1. The molecule has 1 fully saturated rings. The monoisotopic (exact) mass is 347 g/mol. The Bertz CT molecular complexity index is 670. The smallest absolute Gasteiger partial charge is 0.234 e. The summed E-state index contributed by atoms with van der Waals surface area (Å²) in [5.74, 6) is 2.17. The number of nitrogens with zero attached hydrogens (tertiary/aromatic N) is 4. The zero-order valence-corrected chi connectivity index (χ0v) is 14.8. The molecular formula is C17H25N5O3. The van der Waals surface area contributed by atoms with Gasteiger partial charge in [-0.3, -0.25) is 14.6 Å². The molecular weight excluding hydrogens is 322 g/mol. The van der Waals surface area contributed by atoms with Gasteiger partial charge >= 0.3 is 0 Å². The average Bonchev–Trinajstić information content (AvgIpc) is 3.34. The first kappa shape index (κ1) is 17.6. The highest BCUT2D eigenvalue weighted by Crippen LogP contribution is 2.16. The Morgan fingerprint density at radius 1 is 1.52 bits per heavy atom. The quantitative estimate of drug-likeness (QED) is 0.763. The lowest BCUT2D eigenvalue weighted by atomic mass is 10.2. The summed E-state index contributed by atoms with van der Waals surface area (Å²) >= 11 is 0. The van der Waals surface area contributed by atoms with Crippen LogP contribution in [-0.2, 0) is 24.3 Å². The fourth-order valence-electron chi connectivity index (χ4n) is 3.02. The van der Waals surface area contributed by atoms with Crippen LogP contribution in [0.25, 0.3) is 0 Å². The number of hydrogen-bond acceptors (Lipinski definition) is 7. The Balaban J connectivity index is 1.40. The van der Waals surface area contributed by atoms with Crippen molar-refractivity contribution in [3.8, 4) is 0 Å². The average molecular weight is 347 g/mol. The normalized spacial score (nSPS) is 18.1. The van der Waals surface area contributed by atoms with Crippen LogP contribution >= 0.6 is 0 Å². The molecule has 0 saturated carbocycles. The third kappa shape index (κ3) is 4.90. The van der Waals surface area contributed by atoms with Crippen molar-refractivity contribution in [1.29, 1.82) is 0 Å². The Kier molecular flexibility index (Phi) is 5.83. The first-order valence-corrected chi connectivity index (χ1v) is 8.67. The number of likely N-dealkylation sites (tertiary alicyclic amines) is 1. The molecule has 3 rings (SSSR count). The third-order valence-corrected chi connectivity index (χ3v) is 4.48. The lowest BCUT2D eigenvalue weighted by Crippen LogP contribution is -2.38. The Morgan fingerprint density at radius 3 is 3.12 bits per heavy atom. The molecule has 1 amide bonds. The third-order valence-electron chi connectivity index (χ3n) is 4.48. The van der Waals surface area contributed by atoms with Crippen LogP contribution in [-0.4, -0.2) is 58.6 Å². The number of nitrogens with one attached hydrogen (secondary N) is 1. The van der Waals surface area contributed by atoms with Gasteiger partial charge in [0.15, 0.2) is 5.82 Å². The van der Waals surface area contributed by atoms with E-state index in [1.54, 1.807) is 6.26 Å². The molecule has 1 saturated heterocycles. The van der Waals surface area contributed by atoms with E-state index in [1.165, 1.54) is 0 Å². The first-order chi connectivity index (χ1) is 12.1. The summed E-state index contributed by atoms with van der Waals surface area (Å²) in [5.41, 5.74) is 0. The first-order valence-electron chi connectivity index (χ1n) is 8.67. The maximum Gasteiger partial charge on any atom is 0.234 e. The molecule has 136 valence electrons. The van der Waals surface area contributed by atoms with Crippen LogP contribution < -0.4 is 5.32 Å². The van der Waals surface area contributed by atoms with Crippen molar-refractivity contribution in [2.24, 2.45) is 0 Å². The molecule has 1 aliphatic rings. The molecule has 8 nitrogen and oxygen atoms in total. The zero-order valence-electron chi connectivity index (χ0n) is 14.8. The van der Waals surface area contributed by atoms with Gasteiger partial charge in [0.2, 0.25) is 11.8 Å². The van der Waals surface area contributed by atoms with Gasteiger partial charge in [-0.2, -0.15) is 4.98 Å². The van der Waals surface area contributed by atoms with Gasteiger partial charge in [0.1, 0.15) is 5.76 Å². The molecule has 25 heavy (non-hydrogen) atoms. The van der Waals surface area contributed by atoms with Gasteiger partial charge in [0.25, 0.3) is 0 Å². The molecule has 0 aliphatic carbocycles. The topological polar surface area (TPSA) is 87.6 Å². The molecule has 2 aromatic rings. The lowest BCUT2D eigenvalue weighted by Gasteiger charge is -2.23. The lowest BCUT2D eigenvalue weighted by molar-refractivity contribution is -0.122. The van der Waals surface area contributed by atoms with Crippen molar-refractivity contribution < 1.29 is 13.7 Å². The van der Waals surface area contributed by atoms with Gasteiger partial charge < -0.3 is 14.3 Å². The number of aryl methyl sites for hydroxylation is 1. The van der Waals surface area contributed by atoms with Crippen LogP contribution in [0.1, 0.15) is 30.8 Å². The summed E-state index contributed by atoms with van der Waals surface area (Å²) < 4.78 is 10.4. The Hall–Kier alpha value is -2.19. The van der Waals surface area contributed by atoms with Crippen molar-refractivity contribution in [2.75, 3.05) is 26.7 Å². The van der Waals surface area contributed by atoms with Gasteiger partial charge in [0.05, 0.1) is 25.9 Å². The van der Waals surface area contributed by atoms with Crippen molar-refractivity contribution in [2.45, 2.75) is 38.9 Å². The van der Waals surface area contributed by atoms with E-state index in [9.17, 15) is 4.79 Å². The van der Waals surface area contributed by atoms with Gasteiger partial charge in [-0.05, 0) is 25.6 Å². The molecule has 1 atom stereocenters. The Morgan fingerprint density at radius 2 is 2.40 bits per heavy atom. The fourth-order valence-corrected chi connectivity index (χ4v) is 3.02. The van der Waals surface area contributed by atoms with Crippen molar-refractivity contribution in [1.82, 2.24) is 25.3 Å². The van der Waals surface area contributed by atoms with Crippen LogP contribution in [0.4, 0.5) is 0 Å². The van der Waals surface area contributed by atoms with Gasteiger partial charge in [-0.15, -0.1) is 0 Å². The number of amides is 1. The van der Waals surface area contributed by atoms with Crippen LogP contribution in [0.5, 0.6) is 0 Å². The van der Waals surface area contributed by atoms with E-state index in [2.05, 4.69) is 32.3 Å². The van der Waals surface area contributed by atoms with E-state index in [0.29, 0.717) is 37.4 Å².